The number of hydrogen-bond acceptors (Lipinski definition) is 3. The number of benzene rings is 2. The SMILES string of the molecule is c1ccc2c(c1)Cc1c-2ccc2c3cccnc3n3c4ccncc4nc3c12. The Morgan fingerprint density at radius 1 is 0.786 bits per heavy atom. The fraction of sp³-hybridized carbons (Fsp3) is 0.0417. The maximum Gasteiger partial charge on any atom is 0.147 e. The van der Waals surface area contributed by atoms with Crippen molar-refractivity contribution >= 4 is 38.5 Å². The summed E-state index contributed by atoms with van der Waals surface area (Å²) in [5.74, 6) is 0. The molecule has 7 rings (SSSR count). The van der Waals surface area contributed by atoms with Crippen molar-refractivity contribution in [3.05, 3.63) is 84.3 Å². The molecule has 4 nitrogen and oxygen atoms in total. The normalized spacial score (nSPS) is 12.9. The van der Waals surface area contributed by atoms with Crippen LogP contribution in [0.25, 0.3) is 49.6 Å². The van der Waals surface area contributed by atoms with Gasteiger partial charge in [0.15, 0.2) is 0 Å². The summed E-state index contributed by atoms with van der Waals surface area (Å²) in [6, 6.07) is 19.4. The van der Waals surface area contributed by atoms with Gasteiger partial charge in [0, 0.05) is 23.2 Å². The van der Waals surface area contributed by atoms with E-state index in [1.807, 2.05) is 30.7 Å². The molecule has 2 aromatic carbocycles. The van der Waals surface area contributed by atoms with Crippen LogP contribution in [0.3, 0.4) is 0 Å². The first kappa shape index (κ1) is 14.3. The third kappa shape index (κ3) is 1.63. The summed E-state index contributed by atoms with van der Waals surface area (Å²) in [6.45, 7) is 0. The average Bonchev–Trinajstić information content (AvgIpc) is 3.32. The Morgan fingerprint density at radius 2 is 1.75 bits per heavy atom. The van der Waals surface area contributed by atoms with E-state index in [1.165, 1.54) is 33.0 Å². The van der Waals surface area contributed by atoms with Crippen LogP contribution in [0, 0.1) is 0 Å². The lowest BCUT2D eigenvalue weighted by molar-refractivity contribution is 1.22. The molecule has 0 bridgehead atoms. The average molecular weight is 358 g/mol. The summed E-state index contributed by atoms with van der Waals surface area (Å²) in [5, 5.41) is 3.59. The van der Waals surface area contributed by atoms with Crippen molar-refractivity contribution < 1.29 is 0 Å². The van der Waals surface area contributed by atoms with E-state index in [1.54, 1.807) is 0 Å². The Kier molecular flexibility index (Phi) is 2.51. The minimum atomic E-state index is 0.898. The predicted molar refractivity (Wildman–Crippen MR) is 112 cm³/mol. The fourth-order valence-electron chi connectivity index (χ4n) is 4.79. The monoisotopic (exact) mass is 358 g/mol. The first-order valence-corrected chi connectivity index (χ1v) is 9.43. The molecule has 0 saturated carbocycles. The smallest absolute Gasteiger partial charge is 0.147 e. The summed E-state index contributed by atoms with van der Waals surface area (Å²) >= 11 is 0. The van der Waals surface area contributed by atoms with Crippen molar-refractivity contribution in [1.82, 2.24) is 19.4 Å². The second-order valence-corrected chi connectivity index (χ2v) is 7.36. The van der Waals surface area contributed by atoms with Crippen molar-refractivity contribution in [2.75, 3.05) is 0 Å². The lowest BCUT2D eigenvalue weighted by Crippen LogP contribution is -1.96. The van der Waals surface area contributed by atoms with Crippen LogP contribution in [-0.4, -0.2) is 19.4 Å². The van der Waals surface area contributed by atoms with Gasteiger partial charge in [-0.3, -0.25) is 9.38 Å². The van der Waals surface area contributed by atoms with E-state index in [0.29, 0.717) is 0 Å². The molecular weight excluding hydrogens is 344 g/mol. The van der Waals surface area contributed by atoms with Crippen LogP contribution in [0.15, 0.2) is 73.2 Å². The second-order valence-electron chi connectivity index (χ2n) is 7.36. The Bertz CT molecular complexity index is 1590. The topological polar surface area (TPSA) is 43.1 Å². The van der Waals surface area contributed by atoms with E-state index in [2.05, 4.69) is 51.8 Å². The van der Waals surface area contributed by atoms with Gasteiger partial charge < -0.3 is 0 Å². The maximum absolute atomic E-state index is 4.99. The summed E-state index contributed by atoms with van der Waals surface area (Å²) in [5.41, 5.74) is 9.24. The zero-order chi connectivity index (χ0) is 18.2. The zero-order valence-electron chi connectivity index (χ0n) is 14.9. The molecule has 1 aliphatic carbocycles. The highest BCUT2D eigenvalue weighted by Gasteiger charge is 2.24. The van der Waals surface area contributed by atoms with Crippen molar-refractivity contribution in [3.8, 4) is 11.1 Å². The number of pyridine rings is 3. The third-order valence-corrected chi connectivity index (χ3v) is 5.96. The molecule has 0 atom stereocenters. The minimum absolute atomic E-state index is 0.898. The van der Waals surface area contributed by atoms with Gasteiger partial charge in [0.05, 0.1) is 11.7 Å². The quantitative estimate of drug-likeness (QED) is 0.352. The second kappa shape index (κ2) is 4.93. The Balaban J connectivity index is 1.79. The first-order valence-electron chi connectivity index (χ1n) is 9.43. The number of fused-ring (bicyclic) bond motifs is 12. The molecule has 0 amide bonds. The van der Waals surface area contributed by atoms with Gasteiger partial charge in [-0.15, -0.1) is 0 Å². The molecule has 4 heterocycles. The van der Waals surface area contributed by atoms with Gasteiger partial charge in [0.1, 0.15) is 16.8 Å². The van der Waals surface area contributed by atoms with Crippen molar-refractivity contribution in [2.24, 2.45) is 0 Å². The van der Waals surface area contributed by atoms with Gasteiger partial charge in [-0.25, -0.2) is 9.97 Å². The van der Waals surface area contributed by atoms with Crippen molar-refractivity contribution in [1.29, 1.82) is 0 Å². The summed E-state index contributed by atoms with van der Waals surface area (Å²) in [6.07, 6.45) is 6.44. The molecule has 130 valence electrons. The van der Waals surface area contributed by atoms with E-state index in [4.69, 9.17) is 9.97 Å². The van der Waals surface area contributed by atoms with Gasteiger partial charge in [0.2, 0.25) is 0 Å². The van der Waals surface area contributed by atoms with Crippen LogP contribution in [0.1, 0.15) is 11.1 Å². The number of aromatic nitrogens is 4. The molecule has 28 heavy (non-hydrogen) atoms. The third-order valence-electron chi connectivity index (χ3n) is 5.96. The predicted octanol–water partition coefficient (Wildman–Crippen LogP) is 5.16. The molecule has 0 N–H and O–H groups in total. The summed E-state index contributed by atoms with van der Waals surface area (Å²) < 4.78 is 2.19. The minimum Gasteiger partial charge on any atom is -0.276 e. The Hall–Kier alpha value is -3.79. The highest BCUT2D eigenvalue weighted by molar-refractivity contribution is 6.16. The standard InChI is InChI=1S/C24H14N4/c1-2-5-15-14(4-1)12-19-16(15)7-8-17-18-6-3-10-26-23(18)28-21-9-11-25-13-20(21)27-24(28)22(17)19/h1-11,13H,12H2. The van der Waals surface area contributed by atoms with Crippen LogP contribution in [0.5, 0.6) is 0 Å². The Labute approximate surface area is 160 Å². The van der Waals surface area contributed by atoms with E-state index in [0.717, 1.165) is 34.1 Å². The molecule has 1 aliphatic rings. The highest BCUT2D eigenvalue weighted by atomic mass is 15.1. The molecule has 0 unspecified atom stereocenters. The molecule has 0 saturated heterocycles. The molecular formula is C24H14N4. The first-order chi connectivity index (χ1) is 13.9. The molecule has 0 radical (unpaired) electrons. The molecule has 4 heteroatoms. The van der Waals surface area contributed by atoms with Crippen LogP contribution >= 0.6 is 0 Å². The molecule has 0 spiro atoms. The summed E-state index contributed by atoms with van der Waals surface area (Å²) in [4.78, 5) is 14.0. The lowest BCUT2D eigenvalue weighted by atomic mass is 9.98. The number of nitrogens with zero attached hydrogens (tertiary/aromatic N) is 4. The van der Waals surface area contributed by atoms with E-state index >= 15 is 0 Å². The summed E-state index contributed by atoms with van der Waals surface area (Å²) in [7, 11) is 0. The highest BCUT2D eigenvalue weighted by Crippen LogP contribution is 2.43. The number of imidazole rings is 1. The van der Waals surface area contributed by atoms with Crippen LogP contribution in [0.2, 0.25) is 0 Å². The van der Waals surface area contributed by atoms with Gasteiger partial charge in [-0.05, 0) is 52.3 Å². The van der Waals surface area contributed by atoms with Gasteiger partial charge in [-0.2, -0.15) is 0 Å². The zero-order valence-corrected chi connectivity index (χ0v) is 14.9. The van der Waals surface area contributed by atoms with E-state index in [-0.39, 0.29) is 0 Å². The van der Waals surface area contributed by atoms with Crippen LogP contribution < -0.4 is 0 Å². The van der Waals surface area contributed by atoms with E-state index in [9.17, 15) is 0 Å². The molecule has 6 aromatic rings. The van der Waals surface area contributed by atoms with Crippen molar-refractivity contribution in [2.45, 2.75) is 6.42 Å². The largest absolute Gasteiger partial charge is 0.276 e. The van der Waals surface area contributed by atoms with Gasteiger partial charge >= 0.3 is 0 Å². The maximum atomic E-state index is 4.99. The fourth-order valence-corrected chi connectivity index (χ4v) is 4.79. The van der Waals surface area contributed by atoms with Crippen LogP contribution in [-0.2, 0) is 6.42 Å². The van der Waals surface area contributed by atoms with Gasteiger partial charge in [0.25, 0.3) is 0 Å². The Morgan fingerprint density at radius 3 is 2.75 bits per heavy atom. The number of rotatable bonds is 0. The molecule has 0 fully saturated rings. The molecule has 0 aliphatic heterocycles. The number of hydrogen-bond donors (Lipinski definition) is 0. The van der Waals surface area contributed by atoms with Gasteiger partial charge in [-0.1, -0.05) is 36.4 Å². The molecule has 4 aromatic heterocycles. The van der Waals surface area contributed by atoms with E-state index < -0.39 is 0 Å². The van der Waals surface area contributed by atoms with Crippen molar-refractivity contribution in [3.63, 3.8) is 0 Å². The lowest BCUT2D eigenvalue weighted by Gasteiger charge is -2.11. The van der Waals surface area contributed by atoms with Crippen LogP contribution in [0.4, 0.5) is 0 Å².